The highest BCUT2D eigenvalue weighted by molar-refractivity contribution is 7.92. The zero-order valence-electron chi connectivity index (χ0n) is 24.6. The zero-order chi connectivity index (χ0) is 31.7. The fraction of sp³-hybridized carbons (Fsp3) is 0.235. The van der Waals surface area contributed by atoms with Crippen LogP contribution in [0.4, 0.5) is 10.1 Å². The van der Waals surface area contributed by atoms with E-state index < -0.39 is 34.3 Å². The molecule has 4 aromatic rings. The second kappa shape index (κ2) is 15.0. The highest BCUT2D eigenvalue weighted by atomic mass is 35.5. The molecule has 0 aliphatic carbocycles. The maximum atomic E-state index is 14.4. The number of nitrogens with zero attached hydrogens (tertiary/aromatic N) is 2. The smallest absolute Gasteiger partial charge is 0.264 e. The largest absolute Gasteiger partial charge is 0.352 e. The topological polar surface area (TPSA) is 86.8 Å². The summed E-state index contributed by atoms with van der Waals surface area (Å²) in [6, 6.07) is 27.7. The van der Waals surface area contributed by atoms with Crippen molar-refractivity contribution in [3.8, 4) is 0 Å². The lowest BCUT2D eigenvalue weighted by Crippen LogP contribution is -2.54. The lowest BCUT2D eigenvalue weighted by molar-refractivity contribution is -0.140. The van der Waals surface area contributed by atoms with Gasteiger partial charge in [-0.3, -0.25) is 13.9 Å². The van der Waals surface area contributed by atoms with Gasteiger partial charge < -0.3 is 10.2 Å². The average molecular weight is 636 g/mol. The number of nitrogens with one attached hydrogen (secondary N) is 1. The fourth-order valence-corrected chi connectivity index (χ4v) is 6.20. The fourth-order valence-electron chi connectivity index (χ4n) is 4.64. The number of halogens is 2. The van der Waals surface area contributed by atoms with Crippen LogP contribution in [0.25, 0.3) is 0 Å². The van der Waals surface area contributed by atoms with Crippen LogP contribution in [0.3, 0.4) is 0 Å². The Morgan fingerprint density at radius 3 is 2.02 bits per heavy atom. The summed E-state index contributed by atoms with van der Waals surface area (Å²) in [7, 11) is -4.21. The predicted molar refractivity (Wildman–Crippen MR) is 171 cm³/mol. The summed E-state index contributed by atoms with van der Waals surface area (Å²) in [5.74, 6) is -1.42. The van der Waals surface area contributed by atoms with Gasteiger partial charge in [0.15, 0.2) is 0 Å². The van der Waals surface area contributed by atoms with Crippen molar-refractivity contribution in [2.45, 2.75) is 50.2 Å². The van der Waals surface area contributed by atoms with E-state index in [9.17, 15) is 22.4 Å². The SMILES string of the molecule is CC[C@H](C)NC(=O)[C@@H](Cc1ccccc1)N(Cc1ccc(F)cc1)C(=O)CN(c1ccc(Cl)cc1)S(=O)(=O)c1ccccc1. The van der Waals surface area contributed by atoms with E-state index in [1.807, 2.05) is 44.2 Å². The van der Waals surface area contributed by atoms with Crippen molar-refractivity contribution < 1.29 is 22.4 Å². The van der Waals surface area contributed by atoms with Crippen LogP contribution in [-0.2, 0) is 32.6 Å². The van der Waals surface area contributed by atoms with Crippen molar-refractivity contribution >= 4 is 39.1 Å². The summed E-state index contributed by atoms with van der Waals surface area (Å²) in [6.45, 7) is 3.17. The quantitative estimate of drug-likeness (QED) is 0.189. The molecule has 0 spiro atoms. The Labute approximate surface area is 263 Å². The number of hydrogen-bond donors (Lipinski definition) is 1. The van der Waals surface area contributed by atoms with Gasteiger partial charge in [-0.1, -0.05) is 79.2 Å². The van der Waals surface area contributed by atoms with E-state index in [0.29, 0.717) is 17.0 Å². The van der Waals surface area contributed by atoms with Gasteiger partial charge in [-0.05, 0) is 73.0 Å². The number of carbonyl (C=O) groups is 2. The predicted octanol–water partition coefficient (Wildman–Crippen LogP) is 6.23. The van der Waals surface area contributed by atoms with Crippen molar-refractivity contribution in [3.05, 3.63) is 131 Å². The van der Waals surface area contributed by atoms with Gasteiger partial charge in [0.25, 0.3) is 10.0 Å². The lowest BCUT2D eigenvalue weighted by Gasteiger charge is -2.34. The summed E-state index contributed by atoms with van der Waals surface area (Å²) in [5.41, 5.74) is 1.63. The molecule has 0 radical (unpaired) electrons. The Morgan fingerprint density at radius 1 is 0.841 bits per heavy atom. The number of anilines is 1. The molecule has 0 heterocycles. The monoisotopic (exact) mass is 635 g/mol. The normalized spacial score (nSPS) is 12.6. The van der Waals surface area contributed by atoms with Crippen molar-refractivity contribution in [1.29, 1.82) is 0 Å². The molecule has 0 bridgehead atoms. The standard InChI is InChI=1S/C34H35ClFN3O4S/c1-3-25(2)37-34(41)32(22-26-10-6-4-7-11-26)38(23-27-14-18-29(36)19-15-27)33(40)24-39(30-20-16-28(35)17-21-30)44(42,43)31-12-8-5-9-13-31/h4-21,25,32H,3,22-24H2,1-2H3,(H,37,41)/t25-,32+/m0/s1. The van der Waals surface area contributed by atoms with Crippen LogP contribution in [0.2, 0.25) is 5.02 Å². The molecule has 0 fully saturated rings. The van der Waals surface area contributed by atoms with Crippen LogP contribution in [0.1, 0.15) is 31.4 Å². The van der Waals surface area contributed by atoms with Gasteiger partial charge in [-0.2, -0.15) is 0 Å². The van der Waals surface area contributed by atoms with E-state index >= 15 is 0 Å². The van der Waals surface area contributed by atoms with E-state index in [0.717, 1.165) is 9.87 Å². The van der Waals surface area contributed by atoms with Crippen LogP contribution in [0, 0.1) is 5.82 Å². The molecule has 0 aliphatic rings. The van der Waals surface area contributed by atoms with E-state index in [2.05, 4.69) is 5.32 Å². The molecule has 0 aliphatic heterocycles. The number of benzene rings is 4. The molecule has 2 atom stereocenters. The molecule has 2 amide bonds. The highest BCUT2D eigenvalue weighted by Crippen LogP contribution is 2.26. The van der Waals surface area contributed by atoms with Gasteiger partial charge in [0, 0.05) is 24.0 Å². The van der Waals surface area contributed by atoms with Crippen LogP contribution in [0.15, 0.2) is 114 Å². The minimum atomic E-state index is -4.21. The minimum Gasteiger partial charge on any atom is -0.352 e. The van der Waals surface area contributed by atoms with Crippen molar-refractivity contribution in [2.75, 3.05) is 10.8 Å². The summed E-state index contributed by atoms with van der Waals surface area (Å²) >= 11 is 6.10. The first kappa shape index (κ1) is 32.7. The molecule has 1 N–H and O–H groups in total. The van der Waals surface area contributed by atoms with Crippen molar-refractivity contribution in [1.82, 2.24) is 10.2 Å². The molecule has 10 heteroatoms. The number of hydrogen-bond acceptors (Lipinski definition) is 4. The van der Waals surface area contributed by atoms with E-state index in [1.54, 1.807) is 42.5 Å². The Hall–Kier alpha value is -4.21. The number of rotatable bonds is 13. The Bertz CT molecular complexity index is 1640. The van der Waals surface area contributed by atoms with Gasteiger partial charge in [-0.15, -0.1) is 0 Å². The number of amides is 2. The summed E-state index contributed by atoms with van der Waals surface area (Å²) in [6.07, 6.45) is 0.859. The second-order valence-electron chi connectivity index (χ2n) is 10.5. The van der Waals surface area contributed by atoms with Crippen LogP contribution >= 0.6 is 11.6 Å². The Balaban J connectivity index is 1.79. The van der Waals surface area contributed by atoms with E-state index in [1.165, 1.54) is 41.3 Å². The molecular formula is C34H35ClFN3O4S. The average Bonchev–Trinajstić information content (AvgIpc) is 3.03. The molecular weight excluding hydrogens is 601 g/mol. The molecule has 0 saturated carbocycles. The first-order chi connectivity index (χ1) is 21.1. The molecule has 44 heavy (non-hydrogen) atoms. The molecule has 230 valence electrons. The molecule has 7 nitrogen and oxygen atoms in total. The van der Waals surface area contributed by atoms with E-state index in [4.69, 9.17) is 11.6 Å². The zero-order valence-corrected chi connectivity index (χ0v) is 26.1. The maximum absolute atomic E-state index is 14.4. The minimum absolute atomic E-state index is 0.00295. The number of sulfonamides is 1. The second-order valence-corrected chi connectivity index (χ2v) is 12.8. The van der Waals surface area contributed by atoms with Gasteiger partial charge in [-0.25, -0.2) is 12.8 Å². The molecule has 0 unspecified atom stereocenters. The number of carbonyl (C=O) groups excluding carboxylic acids is 2. The molecule has 0 saturated heterocycles. The molecule has 0 aromatic heterocycles. The van der Waals surface area contributed by atoms with Crippen molar-refractivity contribution in [2.24, 2.45) is 0 Å². The van der Waals surface area contributed by atoms with Crippen molar-refractivity contribution in [3.63, 3.8) is 0 Å². The molecule has 4 aromatic carbocycles. The third-order valence-electron chi connectivity index (χ3n) is 7.26. The van der Waals surface area contributed by atoms with Gasteiger partial charge in [0.05, 0.1) is 10.6 Å². The summed E-state index contributed by atoms with van der Waals surface area (Å²) in [4.78, 5) is 29.6. The third kappa shape index (κ3) is 8.45. The molecule has 4 rings (SSSR count). The van der Waals surface area contributed by atoms with Crippen LogP contribution in [0.5, 0.6) is 0 Å². The van der Waals surface area contributed by atoms with Gasteiger partial charge in [0.1, 0.15) is 18.4 Å². The first-order valence-corrected chi connectivity index (χ1v) is 16.1. The Morgan fingerprint density at radius 2 is 1.43 bits per heavy atom. The maximum Gasteiger partial charge on any atom is 0.264 e. The lowest BCUT2D eigenvalue weighted by atomic mass is 10.0. The first-order valence-electron chi connectivity index (χ1n) is 14.3. The van der Waals surface area contributed by atoms with Gasteiger partial charge >= 0.3 is 0 Å². The van der Waals surface area contributed by atoms with E-state index in [-0.39, 0.29) is 35.5 Å². The van der Waals surface area contributed by atoms with Gasteiger partial charge in [0.2, 0.25) is 11.8 Å². The summed E-state index contributed by atoms with van der Waals surface area (Å²) in [5, 5.41) is 3.39. The van der Waals surface area contributed by atoms with Crippen LogP contribution in [-0.4, -0.2) is 43.8 Å². The Kier molecular flexibility index (Phi) is 11.1. The van der Waals surface area contributed by atoms with Crippen LogP contribution < -0.4 is 9.62 Å². The third-order valence-corrected chi connectivity index (χ3v) is 9.30. The highest BCUT2D eigenvalue weighted by Gasteiger charge is 2.35. The summed E-state index contributed by atoms with van der Waals surface area (Å²) < 4.78 is 42.7.